The summed E-state index contributed by atoms with van der Waals surface area (Å²) in [6.45, 7) is 4.84. The molecule has 0 radical (unpaired) electrons. The SMILES string of the molecule is CC(C)n1c(CCNC(=O)C2CCCC2O)nc2ccccc21. The number of nitrogens with zero attached hydrogens (tertiary/aromatic N) is 2. The lowest BCUT2D eigenvalue weighted by atomic mass is 10.1. The first kappa shape index (κ1) is 16.0. The van der Waals surface area contributed by atoms with Crippen molar-refractivity contribution < 1.29 is 9.90 Å². The maximum atomic E-state index is 12.1. The average Bonchev–Trinajstić information content (AvgIpc) is 3.10. The number of rotatable bonds is 5. The Bertz CT molecular complexity index is 693. The van der Waals surface area contributed by atoms with Gasteiger partial charge in [0, 0.05) is 19.0 Å². The second kappa shape index (κ2) is 6.71. The monoisotopic (exact) mass is 315 g/mol. The standard InChI is InChI=1S/C18H25N3O2/c1-12(2)21-15-8-4-3-7-14(15)20-17(21)10-11-19-18(23)13-6-5-9-16(13)22/h3-4,7-8,12-13,16,22H,5-6,9-11H2,1-2H3,(H,19,23). The van der Waals surface area contributed by atoms with Crippen molar-refractivity contribution >= 4 is 16.9 Å². The van der Waals surface area contributed by atoms with E-state index in [1.165, 1.54) is 0 Å². The number of aliphatic hydroxyl groups is 1. The lowest BCUT2D eigenvalue weighted by molar-refractivity contribution is -0.127. The van der Waals surface area contributed by atoms with Gasteiger partial charge in [-0.3, -0.25) is 4.79 Å². The Kier molecular flexibility index (Phi) is 4.66. The minimum atomic E-state index is -0.477. The minimum Gasteiger partial charge on any atom is -0.392 e. The smallest absolute Gasteiger partial charge is 0.225 e. The van der Waals surface area contributed by atoms with Crippen molar-refractivity contribution in [2.75, 3.05) is 6.54 Å². The molecule has 0 aliphatic heterocycles. The van der Waals surface area contributed by atoms with Crippen LogP contribution < -0.4 is 5.32 Å². The van der Waals surface area contributed by atoms with Crippen molar-refractivity contribution in [3.05, 3.63) is 30.1 Å². The van der Waals surface area contributed by atoms with E-state index >= 15 is 0 Å². The molecule has 0 spiro atoms. The molecule has 1 aromatic heterocycles. The molecule has 23 heavy (non-hydrogen) atoms. The molecule has 2 aromatic rings. The second-order valence-electron chi connectivity index (χ2n) is 6.63. The van der Waals surface area contributed by atoms with Crippen LogP contribution in [0.2, 0.25) is 0 Å². The Hall–Kier alpha value is -1.88. The largest absolute Gasteiger partial charge is 0.392 e. The summed E-state index contributed by atoms with van der Waals surface area (Å²) in [7, 11) is 0. The Labute approximate surface area is 136 Å². The minimum absolute atomic E-state index is 0.0257. The van der Waals surface area contributed by atoms with E-state index in [4.69, 9.17) is 4.98 Å². The first-order chi connectivity index (χ1) is 11.1. The summed E-state index contributed by atoms with van der Waals surface area (Å²) < 4.78 is 2.23. The maximum absolute atomic E-state index is 12.1. The highest BCUT2D eigenvalue weighted by atomic mass is 16.3. The number of para-hydroxylation sites is 2. The number of fused-ring (bicyclic) bond motifs is 1. The second-order valence-corrected chi connectivity index (χ2v) is 6.63. The summed E-state index contributed by atoms with van der Waals surface area (Å²) in [5.41, 5.74) is 2.13. The van der Waals surface area contributed by atoms with Crippen LogP contribution in [-0.2, 0) is 11.2 Å². The van der Waals surface area contributed by atoms with Gasteiger partial charge in [-0.15, -0.1) is 0 Å². The van der Waals surface area contributed by atoms with Crippen LogP contribution >= 0.6 is 0 Å². The van der Waals surface area contributed by atoms with Crippen LogP contribution in [0.3, 0.4) is 0 Å². The van der Waals surface area contributed by atoms with Gasteiger partial charge in [0.05, 0.1) is 23.1 Å². The summed E-state index contributed by atoms with van der Waals surface area (Å²) in [4.78, 5) is 16.8. The number of amides is 1. The summed E-state index contributed by atoms with van der Waals surface area (Å²) >= 11 is 0. The van der Waals surface area contributed by atoms with E-state index in [2.05, 4.69) is 29.8 Å². The molecule has 1 aliphatic carbocycles. The number of carbonyl (C=O) groups excluding carboxylic acids is 1. The third-order valence-corrected chi connectivity index (χ3v) is 4.65. The molecule has 1 aromatic carbocycles. The number of imidazole rings is 1. The van der Waals surface area contributed by atoms with Crippen molar-refractivity contribution in [3.63, 3.8) is 0 Å². The average molecular weight is 315 g/mol. The van der Waals surface area contributed by atoms with Crippen molar-refractivity contribution in [2.24, 2.45) is 5.92 Å². The molecule has 5 heteroatoms. The number of aromatic nitrogens is 2. The van der Waals surface area contributed by atoms with Gasteiger partial charge in [0.1, 0.15) is 5.82 Å². The van der Waals surface area contributed by atoms with E-state index in [1.807, 2.05) is 18.2 Å². The van der Waals surface area contributed by atoms with Gasteiger partial charge in [0.15, 0.2) is 0 Å². The number of nitrogens with one attached hydrogen (secondary N) is 1. The molecule has 1 saturated carbocycles. The third kappa shape index (κ3) is 3.24. The molecule has 124 valence electrons. The lowest BCUT2D eigenvalue weighted by Gasteiger charge is -2.16. The summed E-state index contributed by atoms with van der Waals surface area (Å²) in [6, 6.07) is 8.44. The van der Waals surface area contributed by atoms with Crippen molar-refractivity contribution in [3.8, 4) is 0 Å². The molecule has 1 heterocycles. The highest BCUT2D eigenvalue weighted by Crippen LogP contribution is 2.25. The molecular formula is C18H25N3O2. The fourth-order valence-electron chi connectivity index (χ4n) is 3.52. The predicted molar refractivity (Wildman–Crippen MR) is 90.2 cm³/mol. The normalized spacial score (nSPS) is 21.2. The van der Waals surface area contributed by atoms with E-state index in [1.54, 1.807) is 0 Å². The number of aliphatic hydroxyl groups excluding tert-OH is 1. The van der Waals surface area contributed by atoms with Crippen LogP contribution in [0.1, 0.15) is 45.0 Å². The Morgan fingerprint density at radius 2 is 2.17 bits per heavy atom. The van der Waals surface area contributed by atoms with E-state index in [-0.39, 0.29) is 11.8 Å². The van der Waals surface area contributed by atoms with Gasteiger partial charge in [-0.05, 0) is 45.2 Å². The predicted octanol–water partition coefficient (Wildman–Crippen LogP) is 2.44. The highest BCUT2D eigenvalue weighted by molar-refractivity contribution is 5.79. The molecule has 2 unspecified atom stereocenters. The first-order valence-corrected chi connectivity index (χ1v) is 8.49. The van der Waals surface area contributed by atoms with Crippen LogP contribution in [-0.4, -0.2) is 33.2 Å². The van der Waals surface area contributed by atoms with Crippen LogP contribution in [0.4, 0.5) is 0 Å². The molecule has 1 amide bonds. The fraction of sp³-hybridized carbons (Fsp3) is 0.556. The molecular weight excluding hydrogens is 290 g/mol. The molecule has 5 nitrogen and oxygen atoms in total. The number of benzene rings is 1. The highest BCUT2D eigenvalue weighted by Gasteiger charge is 2.31. The van der Waals surface area contributed by atoms with E-state index < -0.39 is 6.10 Å². The maximum Gasteiger partial charge on any atom is 0.225 e. The van der Waals surface area contributed by atoms with Gasteiger partial charge in [0.25, 0.3) is 0 Å². The molecule has 3 rings (SSSR count). The van der Waals surface area contributed by atoms with Crippen LogP contribution in [0.25, 0.3) is 11.0 Å². The molecule has 0 saturated heterocycles. The van der Waals surface area contributed by atoms with Gasteiger partial charge in [0.2, 0.25) is 5.91 Å². The van der Waals surface area contributed by atoms with Crippen molar-refractivity contribution in [1.29, 1.82) is 0 Å². The van der Waals surface area contributed by atoms with Gasteiger partial charge < -0.3 is 15.0 Å². The van der Waals surface area contributed by atoms with Crippen LogP contribution in [0.5, 0.6) is 0 Å². The zero-order valence-corrected chi connectivity index (χ0v) is 13.8. The zero-order valence-electron chi connectivity index (χ0n) is 13.8. The molecule has 2 atom stereocenters. The number of hydrogen-bond donors (Lipinski definition) is 2. The molecule has 1 fully saturated rings. The third-order valence-electron chi connectivity index (χ3n) is 4.65. The van der Waals surface area contributed by atoms with E-state index in [9.17, 15) is 9.90 Å². The fourth-order valence-corrected chi connectivity index (χ4v) is 3.52. The molecule has 2 N–H and O–H groups in total. The first-order valence-electron chi connectivity index (χ1n) is 8.49. The van der Waals surface area contributed by atoms with Gasteiger partial charge in [-0.2, -0.15) is 0 Å². The van der Waals surface area contributed by atoms with Gasteiger partial charge in [-0.1, -0.05) is 12.1 Å². The Morgan fingerprint density at radius 1 is 1.39 bits per heavy atom. The molecule has 0 bridgehead atoms. The summed E-state index contributed by atoms with van der Waals surface area (Å²) in [6.07, 6.45) is 2.68. The number of carbonyl (C=O) groups is 1. The zero-order chi connectivity index (χ0) is 16.4. The van der Waals surface area contributed by atoms with E-state index in [0.29, 0.717) is 19.0 Å². The number of hydrogen-bond acceptors (Lipinski definition) is 3. The Morgan fingerprint density at radius 3 is 2.87 bits per heavy atom. The summed E-state index contributed by atoms with van der Waals surface area (Å²) in [5.74, 6) is 0.731. The van der Waals surface area contributed by atoms with Crippen molar-refractivity contribution in [2.45, 2.75) is 51.7 Å². The van der Waals surface area contributed by atoms with Crippen molar-refractivity contribution in [1.82, 2.24) is 14.9 Å². The van der Waals surface area contributed by atoms with E-state index in [0.717, 1.165) is 36.1 Å². The van der Waals surface area contributed by atoms with Gasteiger partial charge >= 0.3 is 0 Å². The Balaban J connectivity index is 1.67. The quantitative estimate of drug-likeness (QED) is 0.890. The van der Waals surface area contributed by atoms with Gasteiger partial charge in [-0.25, -0.2) is 4.98 Å². The van der Waals surface area contributed by atoms with Crippen LogP contribution in [0, 0.1) is 5.92 Å². The molecule has 1 aliphatic rings. The summed E-state index contributed by atoms with van der Waals surface area (Å²) in [5, 5.41) is 12.8. The topological polar surface area (TPSA) is 67.2 Å². The van der Waals surface area contributed by atoms with Crippen LogP contribution in [0.15, 0.2) is 24.3 Å². The lowest BCUT2D eigenvalue weighted by Crippen LogP contribution is -2.36.